The van der Waals surface area contributed by atoms with E-state index in [-0.39, 0.29) is 6.04 Å². The molecule has 1 unspecified atom stereocenters. The summed E-state index contributed by atoms with van der Waals surface area (Å²) in [4.78, 5) is 24.0. The maximum Gasteiger partial charge on any atom is 0.366 e. The second-order valence-electron chi connectivity index (χ2n) is 15.1. The standard InChI is InChI=1S/C48H38Br2N4O4/c1-32(33-18-6-2-7-19-33)54-30-46(41(37-26-14-16-28-39(37)49)43(51-56-46)34-20-8-3-9-21-34)48(55-45(53-58-48)36-24-12-5-13-25-36)47(31-54)42(38-27-15-17-29-40(38)50)44(52-57-47)35-22-10-4-11-23-35/h2-29,32,41-42H,30-31H2,1H3/t32-,41-,42+,46-,47+,48?/m1/s1. The summed E-state index contributed by atoms with van der Waals surface area (Å²) in [5.41, 5.74) is 4.20. The molecule has 4 heterocycles. The monoisotopic (exact) mass is 892 g/mol. The first kappa shape index (κ1) is 36.8. The Morgan fingerprint density at radius 1 is 0.517 bits per heavy atom. The Kier molecular flexibility index (Phi) is 9.31. The Morgan fingerprint density at radius 3 is 1.40 bits per heavy atom. The number of rotatable bonds is 7. The van der Waals surface area contributed by atoms with Crippen LogP contribution in [0, 0.1) is 0 Å². The molecule has 58 heavy (non-hydrogen) atoms. The Hall–Kier alpha value is -5.55. The summed E-state index contributed by atoms with van der Waals surface area (Å²) in [5, 5.41) is 15.0. The van der Waals surface area contributed by atoms with Crippen LogP contribution in [0.15, 0.2) is 194 Å². The highest BCUT2D eigenvalue weighted by atomic mass is 79.9. The van der Waals surface area contributed by atoms with E-state index in [4.69, 9.17) is 34.7 Å². The van der Waals surface area contributed by atoms with Crippen molar-refractivity contribution in [2.45, 2.75) is 41.8 Å². The summed E-state index contributed by atoms with van der Waals surface area (Å²) < 4.78 is 9.30. The summed E-state index contributed by atoms with van der Waals surface area (Å²) in [6, 6.07) is 57.0. The van der Waals surface area contributed by atoms with E-state index in [2.05, 4.69) is 116 Å². The maximum absolute atomic E-state index is 7.51. The molecule has 3 spiro atoms. The number of piperidine rings is 1. The molecule has 4 aliphatic rings. The van der Waals surface area contributed by atoms with Crippen molar-refractivity contribution in [1.82, 2.24) is 4.90 Å². The predicted molar refractivity (Wildman–Crippen MR) is 232 cm³/mol. The normalized spacial score (nSPS) is 26.6. The smallest absolute Gasteiger partial charge is 0.366 e. The third kappa shape index (κ3) is 5.67. The number of oxime groups is 3. The van der Waals surface area contributed by atoms with Crippen molar-refractivity contribution in [3.63, 3.8) is 0 Å². The van der Waals surface area contributed by atoms with Crippen molar-refractivity contribution >= 4 is 49.2 Å². The van der Waals surface area contributed by atoms with Crippen LogP contribution in [0.4, 0.5) is 0 Å². The molecule has 4 aliphatic heterocycles. The highest BCUT2D eigenvalue weighted by molar-refractivity contribution is 9.10. The number of halogens is 2. The van der Waals surface area contributed by atoms with Crippen molar-refractivity contribution in [2.75, 3.05) is 13.1 Å². The van der Waals surface area contributed by atoms with Gasteiger partial charge in [0.1, 0.15) is 0 Å². The average Bonchev–Trinajstić information content (AvgIpc) is 4.00. The first-order valence-corrected chi connectivity index (χ1v) is 20.9. The molecule has 1 fully saturated rings. The zero-order chi connectivity index (χ0) is 39.3. The summed E-state index contributed by atoms with van der Waals surface area (Å²) >= 11 is 7.92. The van der Waals surface area contributed by atoms with Crippen molar-refractivity contribution in [2.24, 2.45) is 15.5 Å². The molecule has 0 saturated carbocycles. The fourth-order valence-corrected chi connectivity index (χ4v) is 10.3. The second kappa shape index (κ2) is 14.7. The van der Waals surface area contributed by atoms with Gasteiger partial charge < -0.3 is 19.2 Å². The van der Waals surface area contributed by atoms with Gasteiger partial charge in [-0.1, -0.05) is 188 Å². The summed E-state index contributed by atoms with van der Waals surface area (Å²) in [6.07, 6.45) is 0. The minimum atomic E-state index is -1.79. The molecule has 0 aromatic heterocycles. The zero-order valence-corrected chi connectivity index (χ0v) is 34.7. The third-order valence-corrected chi connectivity index (χ3v) is 13.4. The summed E-state index contributed by atoms with van der Waals surface area (Å²) in [7, 11) is 0. The number of benzene rings is 6. The van der Waals surface area contributed by atoms with E-state index >= 15 is 0 Å². The Morgan fingerprint density at radius 2 is 0.931 bits per heavy atom. The molecule has 0 radical (unpaired) electrons. The lowest BCUT2D eigenvalue weighted by Crippen LogP contribution is -2.81. The van der Waals surface area contributed by atoms with Gasteiger partial charge in [0.05, 0.1) is 36.3 Å². The second-order valence-corrected chi connectivity index (χ2v) is 16.8. The highest BCUT2D eigenvalue weighted by Gasteiger charge is 2.86. The van der Waals surface area contributed by atoms with Gasteiger partial charge in [0.2, 0.25) is 11.2 Å². The third-order valence-electron chi connectivity index (χ3n) is 12.0. The number of hydrogen-bond acceptors (Lipinski definition) is 8. The van der Waals surface area contributed by atoms with Crippen LogP contribution in [-0.2, 0) is 19.2 Å². The molecule has 1 saturated heterocycles. The molecule has 6 aromatic rings. The predicted octanol–water partition coefficient (Wildman–Crippen LogP) is 10.6. The lowest BCUT2D eigenvalue weighted by molar-refractivity contribution is -0.383. The minimum Gasteiger partial charge on any atom is -0.423 e. The maximum atomic E-state index is 7.51. The number of ether oxygens (including phenoxy) is 1. The van der Waals surface area contributed by atoms with E-state index in [0.717, 1.165) is 53.7 Å². The van der Waals surface area contributed by atoms with E-state index in [9.17, 15) is 0 Å². The van der Waals surface area contributed by atoms with Crippen LogP contribution >= 0.6 is 31.9 Å². The first-order valence-electron chi connectivity index (χ1n) is 19.4. The molecule has 0 N–H and O–H groups in total. The molecular weight excluding hydrogens is 856 g/mol. The topological polar surface area (TPSA) is 77.2 Å². The molecule has 0 bridgehead atoms. The molecule has 10 heteroatoms. The first-order chi connectivity index (χ1) is 28.4. The van der Waals surface area contributed by atoms with Gasteiger partial charge in [-0.3, -0.25) is 4.90 Å². The van der Waals surface area contributed by atoms with Crippen molar-refractivity contribution < 1.29 is 19.2 Å². The van der Waals surface area contributed by atoms with Gasteiger partial charge in [-0.15, -0.1) is 0 Å². The average molecular weight is 895 g/mol. The summed E-state index contributed by atoms with van der Waals surface area (Å²) in [6.45, 7) is 2.86. The van der Waals surface area contributed by atoms with Crippen molar-refractivity contribution in [1.29, 1.82) is 0 Å². The molecule has 10 rings (SSSR count). The van der Waals surface area contributed by atoms with Gasteiger partial charge >= 0.3 is 5.79 Å². The number of hydrogen-bond donors (Lipinski definition) is 0. The van der Waals surface area contributed by atoms with Gasteiger partial charge in [0, 0.05) is 31.7 Å². The Labute approximate surface area is 354 Å². The zero-order valence-electron chi connectivity index (χ0n) is 31.5. The fourth-order valence-electron chi connectivity index (χ4n) is 9.27. The van der Waals surface area contributed by atoms with Crippen LogP contribution in [0.5, 0.6) is 0 Å². The van der Waals surface area contributed by atoms with Gasteiger partial charge in [0.15, 0.2) is 0 Å². The number of nitrogens with zero attached hydrogens (tertiary/aromatic N) is 4. The Balaban J connectivity index is 1.28. The van der Waals surface area contributed by atoms with Crippen LogP contribution in [0.2, 0.25) is 0 Å². The number of likely N-dealkylation sites (tertiary alicyclic amines) is 1. The number of fused-ring (bicyclic) bond motifs is 2. The molecule has 0 aliphatic carbocycles. The molecule has 6 aromatic carbocycles. The van der Waals surface area contributed by atoms with E-state index in [1.807, 2.05) is 97.1 Å². The summed E-state index contributed by atoms with van der Waals surface area (Å²) in [5.74, 6) is -2.61. The fraction of sp³-hybridized carbons (Fsp3) is 0.188. The van der Waals surface area contributed by atoms with Gasteiger partial charge in [-0.25, -0.2) is 0 Å². The lowest BCUT2D eigenvalue weighted by atomic mass is 9.60. The van der Waals surface area contributed by atoms with E-state index in [1.54, 1.807) is 0 Å². The largest absolute Gasteiger partial charge is 0.423 e. The van der Waals surface area contributed by atoms with Crippen LogP contribution in [0.25, 0.3) is 0 Å². The minimum absolute atomic E-state index is 0.114. The van der Waals surface area contributed by atoms with Crippen LogP contribution in [-0.4, -0.2) is 52.3 Å². The van der Waals surface area contributed by atoms with Gasteiger partial charge in [-0.2, -0.15) is 0 Å². The van der Waals surface area contributed by atoms with E-state index in [1.165, 1.54) is 0 Å². The van der Waals surface area contributed by atoms with Crippen LogP contribution in [0.3, 0.4) is 0 Å². The lowest BCUT2D eigenvalue weighted by Gasteiger charge is -2.58. The highest BCUT2D eigenvalue weighted by Crippen LogP contribution is 2.64. The van der Waals surface area contributed by atoms with Crippen molar-refractivity contribution in [3.05, 3.63) is 212 Å². The van der Waals surface area contributed by atoms with E-state index < -0.39 is 28.8 Å². The van der Waals surface area contributed by atoms with E-state index in [0.29, 0.717) is 19.0 Å². The quantitative estimate of drug-likeness (QED) is 0.160. The Bertz CT molecular complexity index is 2430. The van der Waals surface area contributed by atoms with Crippen LogP contribution in [0.1, 0.15) is 58.2 Å². The molecule has 6 atom stereocenters. The van der Waals surface area contributed by atoms with Crippen molar-refractivity contribution in [3.8, 4) is 0 Å². The van der Waals surface area contributed by atoms with Crippen LogP contribution < -0.4 is 0 Å². The molecular formula is C48H38Br2N4O4. The SMILES string of the molecule is C[C@H](c1ccccc1)N1C[C@@]2(ON=C(c3ccccc3)[C@@H]2c2ccccc2Br)C2(ON=C(c3ccccc3)O2)[C@]2(C1)ON=C(c1ccccc1)[C@H]2c1ccccc1Br. The molecule has 288 valence electrons. The van der Waals surface area contributed by atoms with Gasteiger partial charge in [0.25, 0.3) is 5.90 Å². The molecule has 8 nitrogen and oxygen atoms in total. The van der Waals surface area contributed by atoms with Gasteiger partial charge in [-0.05, 0) is 53.0 Å². The molecule has 0 amide bonds.